The fourth-order valence-corrected chi connectivity index (χ4v) is 1.70. The highest BCUT2D eigenvalue weighted by Crippen LogP contribution is 2.34. The van der Waals surface area contributed by atoms with Crippen LogP contribution in [0.5, 0.6) is 0 Å². The Morgan fingerprint density at radius 3 is 2.82 bits per heavy atom. The summed E-state index contributed by atoms with van der Waals surface area (Å²) in [6, 6.07) is 0. The fraction of sp³-hybridized carbons (Fsp3) is 0.500. The van der Waals surface area contributed by atoms with Gasteiger partial charge in [0, 0.05) is 0 Å². The molecule has 0 aromatic rings. The molecule has 1 aliphatic carbocycles. The molecule has 0 aromatic heterocycles. The van der Waals surface area contributed by atoms with Crippen LogP contribution in [0.2, 0.25) is 0 Å². The molecule has 2 atom stereocenters. The number of hydrogen-bond acceptors (Lipinski definition) is 2. The van der Waals surface area contributed by atoms with E-state index in [1.54, 1.807) is 6.08 Å². The number of Topliss-reactive ketones (excluding diaryl/α,β-unsaturated/α-hetero) is 1. The largest absolute Gasteiger partial charge is 0.340 e. The molecular weight excluding hydrogens is 142 g/mol. The number of rotatable bonds is 1. The summed E-state index contributed by atoms with van der Waals surface area (Å²) in [5.41, 5.74) is -0.637. The lowest BCUT2D eigenvalue weighted by Gasteiger charge is -2.19. The quantitative estimate of drug-likeness (QED) is 0.537. The Morgan fingerprint density at radius 2 is 2.55 bits per heavy atom. The number of amides is 1. The maximum atomic E-state index is 11.1. The van der Waals surface area contributed by atoms with E-state index in [9.17, 15) is 9.59 Å². The van der Waals surface area contributed by atoms with Gasteiger partial charge < -0.3 is 5.32 Å². The van der Waals surface area contributed by atoms with Gasteiger partial charge in [0.25, 0.3) is 0 Å². The topological polar surface area (TPSA) is 46.2 Å². The molecule has 58 valence electrons. The highest BCUT2D eigenvalue weighted by atomic mass is 16.2. The van der Waals surface area contributed by atoms with Crippen molar-refractivity contribution in [1.29, 1.82) is 0 Å². The smallest absolute Gasteiger partial charge is 0.228 e. The molecule has 2 unspecified atom stereocenters. The second-order valence-electron chi connectivity index (χ2n) is 3.19. The number of hydrogen-bond donors (Lipinski definition) is 1. The lowest BCUT2D eigenvalue weighted by Crippen LogP contribution is -2.46. The van der Waals surface area contributed by atoms with E-state index in [1.807, 2.05) is 6.08 Å². The zero-order valence-electron chi connectivity index (χ0n) is 6.26. The molecule has 2 rings (SSSR count). The van der Waals surface area contributed by atoms with Crippen LogP contribution < -0.4 is 5.32 Å². The van der Waals surface area contributed by atoms with Crippen LogP contribution >= 0.6 is 0 Å². The Balaban J connectivity index is 2.39. The SMILES string of the molecule is CC(=O)C12C=CC(C1)C(=O)N2. The maximum Gasteiger partial charge on any atom is 0.228 e. The third kappa shape index (κ3) is 0.679. The summed E-state index contributed by atoms with van der Waals surface area (Å²) in [6.07, 6.45) is 4.25. The van der Waals surface area contributed by atoms with Gasteiger partial charge in [-0.3, -0.25) is 9.59 Å². The molecule has 0 aromatic carbocycles. The summed E-state index contributed by atoms with van der Waals surface area (Å²) in [6.45, 7) is 1.51. The van der Waals surface area contributed by atoms with Gasteiger partial charge in [-0.2, -0.15) is 0 Å². The second-order valence-corrected chi connectivity index (χ2v) is 3.19. The van der Waals surface area contributed by atoms with Gasteiger partial charge in [-0.25, -0.2) is 0 Å². The molecular formula is C8H9NO2. The first-order chi connectivity index (χ1) is 5.14. The summed E-state index contributed by atoms with van der Waals surface area (Å²) in [7, 11) is 0. The van der Waals surface area contributed by atoms with Gasteiger partial charge in [0.1, 0.15) is 5.54 Å². The first kappa shape index (κ1) is 6.58. The lowest BCUT2D eigenvalue weighted by atomic mass is 9.96. The predicted octanol–water partition coefficient (Wildman–Crippen LogP) is 0.0201. The summed E-state index contributed by atoms with van der Waals surface area (Å²) < 4.78 is 0. The van der Waals surface area contributed by atoms with E-state index in [-0.39, 0.29) is 17.6 Å². The molecule has 1 amide bonds. The van der Waals surface area contributed by atoms with E-state index in [1.165, 1.54) is 6.92 Å². The average Bonchev–Trinajstić information content (AvgIpc) is 2.44. The number of nitrogens with one attached hydrogen (secondary N) is 1. The standard InChI is InChI=1S/C8H9NO2/c1-5(10)8-3-2-6(4-8)7(11)9-8/h2-3,6H,4H2,1H3,(H,9,11). The number of carbonyl (C=O) groups excluding carboxylic acids is 2. The number of fused-ring (bicyclic) bond motifs is 2. The molecule has 3 nitrogen and oxygen atoms in total. The van der Waals surface area contributed by atoms with Gasteiger partial charge in [-0.15, -0.1) is 0 Å². The normalized spacial score (nSPS) is 39.4. The third-order valence-corrected chi connectivity index (χ3v) is 2.47. The minimum atomic E-state index is -0.637. The van der Waals surface area contributed by atoms with Gasteiger partial charge in [0.05, 0.1) is 5.92 Å². The molecule has 1 fully saturated rings. The molecule has 1 N–H and O–H groups in total. The fourth-order valence-electron chi connectivity index (χ4n) is 1.70. The van der Waals surface area contributed by atoms with Gasteiger partial charge in [0.2, 0.25) is 5.91 Å². The zero-order chi connectivity index (χ0) is 8.06. The molecule has 2 aliphatic rings. The van der Waals surface area contributed by atoms with Crippen molar-refractivity contribution in [1.82, 2.24) is 5.32 Å². The molecule has 1 aliphatic heterocycles. The van der Waals surface area contributed by atoms with Crippen LogP contribution in [0.25, 0.3) is 0 Å². The summed E-state index contributed by atoms with van der Waals surface area (Å²) in [4.78, 5) is 22.1. The van der Waals surface area contributed by atoms with Crippen molar-refractivity contribution in [2.75, 3.05) is 0 Å². The molecule has 11 heavy (non-hydrogen) atoms. The Morgan fingerprint density at radius 1 is 1.82 bits per heavy atom. The van der Waals surface area contributed by atoms with Gasteiger partial charge in [0.15, 0.2) is 5.78 Å². The van der Waals surface area contributed by atoms with E-state index in [0.717, 1.165) is 0 Å². The van der Waals surface area contributed by atoms with Gasteiger partial charge in [-0.05, 0) is 13.3 Å². The van der Waals surface area contributed by atoms with Crippen LogP contribution in [-0.2, 0) is 9.59 Å². The molecule has 0 saturated carbocycles. The van der Waals surface area contributed by atoms with Crippen molar-refractivity contribution in [2.24, 2.45) is 5.92 Å². The lowest BCUT2D eigenvalue weighted by molar-refractivity contribution is -0.126. The van der Waals surface area contributed by atoms with Crippen molar-refractivity contribution in [3.63, 3.8) is 0 Å². The molecule has 0 spiro atoms. The van der Waals surface area contributed by atoms with Crippen LogP contribution in [-0.4, -0.2) is 17.2 Å². The second kappa shape index (κ2) is 1.72. The molecule has 1 heterocycles. The Labute approximate surface area is 64.5 Å². The van der Waals surface area contributed by atoms with Crippen molar-refractivity contribution < 1.29 is 9.59 Å². The van der Waals surface area contributed by atoms with E-state index in [2.05, 4.69) is 5.32 Å². The Kier molecular flexibility index (Phi) is 1.03. The number of ketones is 1. The molecule has 2 bridgehead atoms. The Bertz CT molecular complexity index is 269. The molecule has 0 radical (unpaired) electrons. The van der Waals surface area contributed by atoms with Gasteiger partial charge >= 0.3 is 0 Å². The molecule has 3 heteroatoms. The van der Waals surface area contributed by atoms with Crippen LogP contribution in [0.15, 0.2) is 12.2 Å². The summed E-state index contributed by atoms with van der Waals surface area (Å²) >= 11 is 0. The van der Waals surface area contributed by atoms with E-state index in [0.29, 0.717) is 6.42 Å². The minimum absolute atomic E-state index is 0.0114. The number of carbonyl (C=O) groups is 2. The van der Waals surface area contributed by atoms with Crippen LogP contribution in [0.1, 0.15) is 13.3 Å². The van der Waals surface area contributed by atoms with Crippen molar-refractivity contribution in [3.8, 4) is 0 Å². The van der Waals surface area contributed by atoms with Crippen molar-refractivity contribution in [2.45, 2.75) is 18.9 Å². The average molecular weight is 151 g/mol. The van der Waals surface area contributed by atoms with E-state index < -0.39 is 5.54 Å². The van der Waals surface area contributed by atoms with Crippen LogP contribution in [0, 0.1) is 5.92 Å². The first-order valence-corrected chi connectivity index (χ1v) is 3.66. The van der Waals surface area contributed by atoms with E-state index in [4.69, 9.17) is 0 Å². The predicted molar refractivity (Wildman–Crippen MR) is 38.8 cm³/mol. The van der Waals surface area contributed by atoms with Crippen molar-refractivity contribution in [3.05, 3.63) is 12.2 Å². The van der Waals surface area contributed by atoms with Gasteiger partial charge in [-0.1, -0.05) is 12.2 Å². The zero-order valence-corrected chi connectivity index (χ0v) is 6.26. The van der Waals surface area contributed by atoms with Crippen LogP contribution in [0.3, 0.4) is 0 Å². The highest BCUT2D eigenvalue weighted by Gasteiger charge is 2.48. The third-order valence-electron chi connectivity index (χ3n) is 2.47. The van der Waals surface area contributed by atoms with Crippen LogP contribution in [0.4, 0.5) is 0 Å². The summed E-state index contributed by atoms with van der Waals surface area (Å²) in [5, 5.41) is 2.69. The molecule has 1 saturated heterocycles. The monoisotopic (exact) mass is 151 g/mol. The maximum absolute atomic E-state index is 11.1. The minimum Gasteiger partial charge on any atom is -0.340 e. The summed E-state index contributed by atoms with van der Waals surface area (Å²) in [5.74, 6) is -0.0382. The first-order valence-electron chi connectivity index (χ1n) is 3.66. The van der Waals surface area contributed by atoms with Crippen molar-refractivity contribution >= 4 is 11.7 Å². The van der Waals surface area contributed by atoms with E-state index >= 15 is 0 Å². The highest BCUT2D eigenvalue weighted by molar-refractivity contribution is 6.00. The Hall–Kier alpha value is -1.12.